The molecule has 1 saturated heterocycles. The summed E-state index contributed by atoms with van der Waals surface area (Å²) in [6.45, 7) is 3.49. The van der Waals surface area contributed by atoms with Gasteiger partial charge in [0.25, 0.3) is 5.91 Å². The van der Waals surface area contributed by atoms with Crippen LogP contribution in [0, 0.1) is 18.7 Å². The highest BCUT2D eigenvalue weighted by molar-refractivity contribution is 7.89. The fourth-order valence-electron chi connectivity index (χ4n) is 3.96. The number of hydrogen-bond acceptors (Lipinski definition) is 5. The zero-order valence-electron chi connectivity index (χ0n) is 18.0. The van der Waals surface area contributed by atoms with Gasteiger partial charge in [0, 0.05) is 19.2 Å². The maximum Gasteiger partial charge on any atom is 0.265 e. The van der Waals surface area contributed by atoms with Crippen molar-refractivity contribution in [1.82, 2.24) is 4.31 Å². The van der Waals surface area contributed by atoms with Crippen LogP contribution in [0.3, 0.4) is 0 Å². The van der Waals surface area contributed by atoms with E-state index in [1.54, 1.807) is 19.9 Å². The predicted molar refractivity (Wildman–Crippen MR) is 121 cm³/mol. The van der Waals surface area contributed by atoms with Crippen molar-refractivity contribution >= 4 is 44.8 Å². The molecule has 0 radical (unpaired) electrons. The summed E-state index contributed by atoms with van der Waals surface area (Å²) < 4.78 is 47.0. The minimum Gasteiger partial charge on any atom is -0.479 e. The van der Waals surface area contributed by atoms with Crippen LogP contribution >= 0.6 is 11.6 Å². The molecule has 0 spiro atoms. The molecule has 176 valence electrons. The molecule has 2 amide bonds. The molecule has 0 aliphatic carbocycles. The molecule has 0 aromatic heterocycles. The minimum absolute atomic E-state index is 0.00248. The van der Waals surface area contributed by atoms with E-state index in [4.69, 9.17) is 16.3 Å². The maximum absolute atomic E-state index is 13.4. The first-order valence-electron chi connectivity index (χ1n) is 10.4. The van der Waals surface area contributed by atoms with Gasteiger partial charge < -0.3 is 15.4 Å². The Balaban J connectivity index is 1.54. The summed E-state index contributed by atoms with van der Waals surface area (Å²) in [4.78, 5) is 24.7. The van der Waals surface area contributed by atoms with E-state index in [-0.39, 0.29) is 46.3 Å². The van der Waals surface area contributed by atoms with Crippen molar-refractivity contribution in [2.24, 2.45) is 5.92 Å². The summed E-state index contributed by atoms with van der Waals surface area (Å²) in [5.74, 6) is -1.52. The molecule has 33 heavy (non-hydrogen) atoms. The van der Waals surface area contributed by atoms with Crippen molar-refractivity contribution in [3.05, 3.63) is 46.7 Å². The van der Waals surface area contributed by atoms with Gasteiger partial charge in [0.1, 0.15) is 11.6 Å². The largest absolute Gasteiger partial charge is 0.479 e. The van der Waals surface area contributed by atoms with Gasteiger partial charge in [-0.25, -0.2) is 12.8 Å². The number of amides is 2. The van der Waals surface area contributed by atoms with Crippen molar-refractivity contribution in [3.8, 4) is 5.75 Å². The lowest BCUT2D eigenvalue weighted by Gasteiger charge is -2.32. The topological polar surface area (TPSA) is 105 Å². The van der Waals surface area contributed by atoms with E-state index in [0.717, 1.165) is 6.07 Å². The van der Waals surface area contributed by atoms with E-state index in [1.807, 2.05) is 0 Å². The molecule has 2 N–H and O–H groups in total. The third-order valence-electron chi connectivity index (χ3n) is 5.77. The number of ether oxygens (including phenoxy) is 1. The number of anilines is 2. The number of piperidine rings is 1. The van der Waals surface area contributed by atoms with Gasteiger partial charge in [-0.1, -0.05) is 11.6 Å². The lowest BCUT2D eigenvalue weighted by molar-refractivity contribution is -0.123. The van der Waals surface area contributed by atoms with Crippen LogP contribution in [-0.4, -0.2) is 43.7 Å². The van der Waals surface area contributed by atoms with E-state index < -0.39 is 27.9 Å². The third-order valence-corrected chi connectivity index (χ3v) is 8.09. The Hall–Kier alpha value is -2.69. The van der Waals surface area contributed by atoms with Crippen LogP contribution < -0.4 is 15.4 Å². The van der Waals surface area contributed by atoms with E-state index in [2.05, 4.69) is 10.6 Å². The summed E-state index contributed by atoms with van der Waals surface area (Å²) in [5.41, 5.74) is 1.14. The van der Waals surface area contributed by atoms with Crippen molar-refractivity contribution in [1.29, 1.82) is 0 Å². The number of sulfonamides is 1. The van der Waals surface area contributed by atoms with E-state index >= 15 is 0 Å². The smallest absolute Gasteiger partial charge is 0.265 e. The Kier molecular flexibility index (Phi) is 6.35. The molecule has 2 atom stereocenters. The highest BCUT2D eigenvalue weighted by Gasteiger charge is 2.35. The van der Waals surface area contributed by atoms with Crippen molar-refractivity contribution < 1.29 is 27.1 Å². The van der Waals surface area contributed by atoms with Crippen molar-refractivity contribution in [3.63, 3.8) is 0 Å². The fourth-order valence-corrected chi connectivity index (χ4v) is 5.92. The number of aryl methyl sites for hydroxylation is 1. The lowest BCUT2D eigenvalue weighted by Crippen LogP contribution is -2.44. The van der Waals surface area contributed by atoms with Crippen LogP contribution in [-0.2, 0) is 19.6 Å². The van der Waals surface area contributed by atoms with Crippen LogP contribution in [0.2, 0.25) is 5.02 Å². The first-order valence-corrected chi connectivity index (χ1v) is 12.3. The number of rotatable bonds is 4. The average molecular weight is 496 g/mol. The molecule has 2 aliphatic heterocycles. The first kappa shape index (κ1) is 23.5. The minimum atomic E-state index is -3.93. The number of nitrogens with one attached hydrogen (secondary N) is 2. The number of halogens is 2. The zero-order valence-corrected chi connectivity index (χ0v) is 19.6. The molecule has 0 bridgehead atoms. The van der Waals surface area contributed by atoms with Gasteiger partial charge in [0.15, 0.2) is 6.10 Å². The summed E-state index contributed by atoms with van der Waals surface area (Å²) >= 11 is 5.99. The van der Waals surface area contributed by atoms with Crippen LogP contribution in [0.1, 0.15) is 25.3 Å². The van der Waals surface area contributed by atoms with Gasteiger partial charge in [-0.2, -0.15) is 4.31 Å². The summed E-state index contributed by atoms with van der Waals surface area (Å²) in [7, 11) is -3.93. The highest BCUT2D eigenvalue weighted by atomic mass is 35.5. The molecule has 0 saturated carbocycles. The Morgan fingerprint density at radius 3 is 2.79 bits per heavy atom. The molecular weight excluding hydrogens is 473 g/mol. The predicted octanol–water partition coefficient (Wildman–Crippen LogP) is 3.55. The summed E-state index contributed by atoms with van der Waals surface area (Å²) in [6.07, 6.45) is 0.270. The van der Waals surface area contributed by atoms with Gasteiger partial charge >= 0.3 is 0 Å². The quantitative estimate of drug-likeness (QED) is 0.675. The molecule has 0 unspecified atom stereocenters. The molecule has 8 nitrogen and oxygen atoms in total. The van der Waals surface area contributed by atoms with Crippen LogP contribution in [0.4, 0.5) is 15.8 Å². The molecule has 2 aliphatic rings. The number of benzene rings is 2. The third kappa shape index (κ3) is 4.68. The molecule has 1 fully saturated rings. The van der Waals surface area contributed by atoms with E-state index in [1.165, 1.54) is 22.5 Å². The zero-order chi connectivity index (χ0) is 23.9. The Bertz CT molecular complexity index is 1240. The number of hydrogen-bond donors (Lipinski definition) is 2. The van der Waals surface area contributed by atoms with Gasteiger partial charge in [0.05, 0.1) is 27.2 Å². The number of carbonyl (C=O) groups is 2. The summed E-state index contributed by atoms with van der Waals surface area (Å²) in [5, 5.41) is 5.43. The first-order chi connectivity index (χ1) is 15.6. The second-order valence-electron chi connectivity index (χ2n) is 8.18. The summed E-state index contributed by atoms with van der Waals surface area (Å²) in [6, 6.07) is 6.63. The van der Waals surface area contributed by atoms with Gasteiger partial charge in [-0.15, -0.1) is 0 Å². The molecule has 11 heteroatoms. The number of carbonyl (C=O) groups excluding carboxylic acids is 2. The van der Waals surface area contributed by atoms with Crippen molar-refractivity contribution in [2.45, 2.75) is 37.7 Å². The van der Waals surface area contributed by atoms with Gasteiger partial charge in [0.2, 0.25) is 15.9 Å². The molecular formula is C22H23ClFN3O5S. The number of fused-ring (bicyclic) bond motifs is 1. The van der Waals surface area contributed by atoms with Gasteiger partial charge in [-0.3, -0.25) is 9.59 Å². The molecule has 4 rings (SSSR count). The van der Waals surface area contributed by atoms with Crippen LogP contribution in [0.25, 0.3) is 0 Å². The average Bonchev–Trinajstić information content (AvgIpc) is 2.76. The Morgan fingerprint density at radius 1 is 1.30 bits per heavy atom. The van der Waals surface area contributed by atoms with Gasteiger partial charge in [-0.05, 0) is 56.5 Å². The monoisotopic (exact) mass is 495 g/mol. The molecule has 2 aromatic carbocycles. The SMILES string of the molecule is Cc1cc2c(cc1S(=O)(=O)N1CCC[C@H](C(=O)Nc3ccc(F)cc3Cl)C1)O[C@@H](C)C(=O)N2. The Labute approximate surface area is 196 Å². The van der Waals surface area contributed by atoms with Crippen LogP contribution in [0.15, 0.2) is 35.2 Å². The molecule has 2 aromatic rings. The normalized spacial score (nSPS) is 21.0. The lowest BCUT2D eigenvalue weighted by atomic mass is 9.98. The maximum atomic E-state index is 13.4. The van der Waals surface area contributed by atoms with E-state index in [9.17, 15) is 22.4 Å². The molecule has 2 heterocycles. The van der Waals surface area contributed by atoms with Crippen LogP contribution in [0.5, 0.6) is 5.75 Å². The highest BCUT2D eigenvalue weighted by Crippen LogP contribution is 2.36. The van der Waals surface area contributed by atoms with E-state index in [0.29, 0.717) is 24.1 Å². The Morgan fingerprint density at radius 2 is 2.06 bits per heavy atom. The second kappa shape index (κ2) is 8.92. The standard InChI is InChI=1S/C22H23ClFN3O5S/c1-12-8-18-19(32-13(2)21(28)26-18)10-20(12)33(30,31)27-7-3-4-14(11-27)22(29)25-17-6-5-15(24)9-16(17)23/h5-6,8-10,13-14H,3-4,7,11H2,1-2H3,(H,25,29)(H,26,28)/t13-,14-/m0/s1. The fraction of sp³-hybridized carbons (Fsp3) is 0.364. The number of nitrogens with zero attached hydrogens (tertiary/aromatic N) is 1. The van der Waals surface area contributed by atoms with Crippen molar-refractivity contribution in [2.75, 3.05) is 23.7 Å². The second-order valence-corrected chi connectivity index (χ2v) is 10.5.